The van der Waals surface area contributed by atoms with Crippen LogP contribution < -0.4 is 4.74 Å². The Morgan fingerprint density at radius 2 is 2.06 bits per heavy atom. The Morgan fingerprint density at radius 1 is 1.39 bits per heavy atom. The van der Waals surface area contributed by atoms with Gasteiger partial charge in [0.2, 0.25) is 0 Å². The highest BCUT2D eigenvalue weighted by Gasteiger charge is 2.53. The molecule has 0 aliphatic heterocycles. The van der Waals surface area contributed by atoms with Crippen LogP contribution in [0, 0.1) is 18.2 Å². The minimum absolute atomic E-state index is 0.0420. The van der Waals surface area contributed by atoms with Crippen molar-refractivity contribution in [1.82, 2.24) is 0 Å². The topological polar surface area (TPSA) is 9.23 Å². The average molecular weight is 271 g/mol. The summed E-state index contributed by atoms with van der Waals surface area (Å²) in [6.45, 7) is 6.23. The smallest absolute Gasteiger partial charge is 0.126 e. The lowest BCUT2D eigenvalue weighted by Gasteiger charge is -2.52. The molecule has 0 aromatic heterocycles. The monoisotopic (exact) mass is 270 g/mol. The first-order valence-corrected chi connectivity index (χ1v) is 7.04. The molecule has 1 aromatic carbocycles. The fourth-order valence-corrected chi connectivity index (χ4v) is 3.48. The highest BCUT2D eigenvalue weighted by Crippen LogP contribution is 2.52. The normalized spacial score (nSPS) is 25.6. The Bertz CT molecular complexity index is 429. The van der Waals surface area contributed by atoms with Gasteiger partial charge >= 0.3 is 0 Å². The lowest BCUT2D eigenvalue weighted by Crippen LogP contribution is -2.56. The van der Waals surface area contributed by atoms with Gasteiger partial charge in [-0.1, -0.05) is 19.9 Å². The Hall–Kier alpha value is -0.760. The minimum atomic E-state index is -0.254. The second-order valence-electron chi connectivity index (χ2n) is 5.16. The van der Waals surface area contributed by atoms with Crippen LogP contribution in [0.3, 0.4) is 0 Å². The molecule has 0 radical (unpaired) electrons. The molecule has 0 saturated heterocycles. The van der Waals surface area contributed by atoms with Crippen molar-refractivity contribution in [2.24, 2.45) is 5.41 Å². The first-order valence-electron chi connectivity index (χ1n) is 6.60. The predicted octanol–water partition coefficient (Wildman–Crippen LogP) is 4.70. The van der Waals surface area contributed by atoms with Gasteiger partial charge < -0.3 is 4.74 Å². The number of halogens is 2. The van der Waals surface area contributed by atoms with Gasteiger partial charge in [-0.05, 0) is 31.4 Å². The van der Waals surface area contributed by atoms with Gasteiger partial charge in [0, 0.05) is 23.3 Å². The van der Waals surface area contributed by atoms with E-state index in [2.05, 4.69) is 13.8 Å². The van der Waals surface area contributed by atoms with Crippen LogP contribution in [-0.4, -0.2) is 11.5 Å². The predicted molar refractivity (Wildman–Crippen MR) is 72.8 cm³/mol. The van der Waals surface area contributed by atoms with Crippen LogP contribution in [0.15, 0.2) is 18.2 Å². The van der Waals surface area contributed by atoms with Gasteiger partial charge in [-0.25, -0.2) is 4.39 Å². The second kappa shape index (κ2) is 5.08. The molecule has 1 nitrogen and oxygen atoms in total. The van der Waals surface area contributed by atoms with E-state index in [1.54, 1.807) is 6.07 Å². The Labute approximate surface area is 113 Å². The molecule has 1 fully saturated rings. The summed E-state index contributed by atoms with van der Waals surface area (Å²) >= 11 is 6.35. The summed E-state index contributed by atoms with van der Waals surface area (Å²) in [4.78, 5) is 0. The van der Waals surface area contributed by atoms with E-state index in [1.807, 2.05) is 6.92 Å². The fourth-order valence-electron chi connectivity index (χ4n) is 2.87. The summed E-state index contributed by atoms with van der Waals surface area (Å²) in [6, 6.07) is 4.67. The summed E-state index contributed by atoms with van der Waals surface area (Å²) < 4.78 is 19.3. The third kappa shape index (κ3) is 2.11. The maximum Gasteiger partial charge on any atom is 0.126 e. The van der Waals surface area contributed by atoms with Gasteiger partial charge in [-0.15, -0.1) is 11.6 Å². The fraction of sp³-hybridized carbons (Fsp3) is 0.600. The summed E-state index contributed by atoms with van der Waals surface area (Å²) in [5.41, 5.74) is 1.01. The molecule has 18 heavy (non-hydrogen) atoms. The molecule has 0 N–H and O–H groups in total. The molecular formula is C15H20ClFO. The van der Waals surface area contributed by atoms with Crippen LogP contribution in [0.4, 0.5) is 4.39 Å². The van der Waals surface area contributed by atoms with E-state index in [0.717, 1.165) is 24.8 Å². The number of benzene rings is 1. The van der Waals surface area contributed by atoms with E-state index < -0.39 is 0 Å². The van der Waals surface area contributed by atoms with E-state index in [9.17, 15) is 4.39 Å². The van der Waals surface area contributed by atoms with Gasteiger partial charge in [0.15, 0.2) is 0 Å². The molecule has 2 unspecified atom stereocenters. The number of aryl methyl sites for hydroxylation is 1. The summed E-state index contributed by atoms with van der Waals surface area (Å²) in [5, 5.41) is 0.173. The van der Waals surface area contributed by atoms with Gasteiger partial charge in [-0.3, -0.25) is 0 Å². The lowest BCUT2D eigenvalue weighted by molar-refractivity contribution is -0.0466. The average Bonchev–Trinajstić information content (AvgIpc) is 2.35. The molecule has 0 heterocycles. The third-order valence-corrected chi connectivity index (χ3v) is 5.03. The number of hydrogen-bond donors (Lipinski definition) is 0. The molecular weight excluding hydrogens is 251 g/mol. The lowest BCUT2D eigenvalue weighted by atomic mass is 9.62. The minimum Gasteiger partial charge on any atom is -0.489 e. The van der Waals surface area contributed by atoms with Crippen LogP contribution in [0.1, 0.15) is 38.7 Å². The van der Waals surface area contributed by atoms with Gasteiger partial charge in [-0.2, -0.15) is 0 Å². The van der Waals surface area contributed by atoms with Crippen LogP contribution in [0.5, 0.6) is 5.75 Å². The quantitative estimate of drug-likeness (QED) is 0.721. The van der Waals surface area contributed by atoms with Crippen molar-refractivity contribution in [1.29, 1.82) is 0 Å². The first-order chi connectivity index (χ1) is 8.53. The van der Waals surface area contributed by atoms with Crippen molar-refractivity contribution in [3.8, 4) is 5.75 Å². The number of ether oxygens (including phenoxy) is 1. The SMILES string of the molecule is CCC1(CC)C(Cl)CC1Oc1cc(F)ccc1C. The van der Waals surface area contributed by atoms with Crippen LogP contribution in [0.25, 0.3) is 0 Å². The largest absolute Gasteiger partial charge is 0.489 e. The molecule has 2 atom stereocenters. The van der Waals surface area contributed by atoms with Gasteiger partial charge in [0.05, 0.1) is 0 Å². The molecule has 1 saturated carbocycles. The molecule has 100 valence electrons. The zero-order chi connectivity index (χ0) is 13.3. The Morgan fingerprint density at radius 3 is 2.61 bits per heavy atom. The zero-order valence-corrected chi connectivity index (χ0v) is 11.9. The van der Waals surface area contributed by atoms with E-state index in [0.29, 0.717) is 5.75 Å². The van der Waals surface area contributed by atoms with Gasteiger partial charge in [0.25, 0.3) is 0 Å². The Balaban J connectivity index is 2.17. The zero-order valence-electron chi connectivity index (χ0n) is 11.2. The van der Waals surface area contributed by atoms with E-state index in [1.165, 1.54) is 12.1 Å². The summed E-state index contributed by atoms with van der Waals surface area (Å²) in [6.07, 6.45) is 2.95. The van der Waals surface area contributed by atoms with Crippen LogP contribution in [-0.2, 0) is 0 Å². The molecule has 3 heteroatoms. The molecule has 0 bridgehead atoms. The summed E-state index contributed by atoms with van der Waals surface area (Å²) in [5.74, 6) is 0.394. The highest BCUT2D eigenvalue weighted by atomic mass is 35.5. The van der Waals surface area contributed by atoms with Crippen molar-refractivity contribution in [2.45, 2.75) is 51.5 Å². The van der Waals surface area contributed by atoms with Crippen LogP contribution in [0.2, 0.25) is 0 Å². The number of alkyl halides is 1. The van der Waals surface area contributed by atoms with E-state index in [4.69, 9.17) is 16.3 Å². The van der Waals surface area contributed by atoms with Crippen LogP contribution >= 0.6 is 11.6 Å². The molecule has 0 amide bonds. The van der Waals surface area contributed by atoms with E-state index >= 15 is 0 Å². The molecule has 2 rings (SSSR count). The van der Waals surface area contributed by atoms with Gasteiger partial charge in [0.1, 0.15) is 17.7 Å². The third-order valence-electron chi connectivity index (χ3n) is 4.42. The van der Waals surface area contributed by atoms with Crippen molar-refractivity contribution in [3.63, 3.8) is 0 Å². The van der Waals surface area contributed by atoms with Crippen molar-refractivity contribution < 1.29 is 9.13 Å². The highest BCUT2D eigenvalue weighted by molar-refractivity contribution is 6.21. The van der Waals surface area contributed by atoms with Crippen molar-refractivity contribution in [3.05, 3.63) is 29.6 Å². The molecule has 0 spiro atoms. The Kier molecular flexibility index (Phi) is 3.86. The maximum atomic E-state index is 13.2. The number of hydrogen-bond acceptors (Lipinski definition) is 1. The van der Waals surface area contributed by atoms with Crippen molar-refractivity contribution >= 4 is 11.6 Å². The first kappa shape index (κ1) is 13.7. The number of rotatable bonds is 4. The molecule has 1 aromatic rings. The second-order valence-corrected chi connectivity index (χ2v) is 5.69. The molecule has 1 aliphatic carbocycles. The summed E-state index contributed by atoms with van der Waals surface area (Å²) in [7, 11) is 0. The van der Waals surface area contributed by atoms with Crippen molar-refractivity contribution in [2.75, 3.05) is 0 Å². The molecule has 1 aliphatic rings. The standard InChI is InChI=1S/C15H20ClFO/c1-4-15(5-2)13(16)9-14(15)18-12-8-11(17)7-6-10(12)3/h6-8,13-14H,4-5,9H2,1-3H3. The maximum absolute atomic E-state index is 13.2. The van der Waals surface area contributed by atoms with E-state index in [-0.39, 0.29) is 22.7 Å².